The van der Waals surface area contributed by atoms with Gasteiger partial charge in [-0.2, -0.15) is 5.10 Å². The molecule has 1 aliphatic heterocycles. The van der Waals surface area contributed by atoms with Crippen LogP contribution in [0, 0.1) is 6.92 Å². The lowest BCUT2D eigenvalue weighted by Gasteiger charge is -2.34. The highest BCUT2D eigenvalue weighted by atomic mass is 16.2. The highest BCUT2D eigenvalue weighted by Crippen LogP contribution is 2.18. The first-order valence-electron chi connectivity index (χ1n) is 11.7. The highest BCUT2D eigenvalue weighted by molar-refractivity contribution is 6.04. The van der Waals surface area contributed by atoms with E-state index in [9.17, 15) is 9.59 Å². The first-order chi connectivity index (χ1) is 16.6. The summed E-state index contributed by atoms with van der Waals surface area (Å²) < 4.78 is 1.42. The van der Waals surface area contributed by atoms with Crippen LogP contribution >= 0.6 is 0 Å². The molecule has 3 aromatic carbocycles. The van der Waals surface area contributed by atoms with Gasteiger partial charge < -0.3 is 4.90 Å². The molecule has 0 N–H and O–H groups in total. The van der Waals surface area contributed by atoms with E-state index in [0.717, 1.165) is 25.2 Å². The Bertz CT molecular complexity index is 1370. The maximum absolute atomic E-state index is 13.6. The number of hydrogen-bond donors (Lipinski definition) is 0. The fourth-order valence-electron chi connectivity index (χ4n) is 4.58. The normalized spacial score (nSPS) is 14.4. The van der Waals surface area contributed by atoms with Gasteiger partial charge in [0.1, 0.15) is 0 Å². The average Bonchev–Trinajstić information content (AvgIpc) is 2.86. The quantitative estimate of drug-likeness (QED) is 0.463. The first kappa shape index (κ1) is 22.0. The van der Waals surface area contributed by atoms with Crippen molar-refractivity contribution in [3.63, 3.8) is 0 Å². The van der Waals surface area contributed by atoms with Crippen molar-refractivity contribution in [1.82, 2.24) is 19.6 Å². The second-order valence-corrected chi connectivity index (χ2v) is 8.90. The van der Waals surface area contributed by atoms with Crippen LogP contribution in [0.25, 0.3) is 10.8 Å². The Kier molecular flexibility index (Phi) is 6.23. The number of fused-ring (bicyclic) bond motifs is 1. The molecule has 6 heteroatoms. The molecule has 172 valence electrons. The predicted octanol–water partition coefficient (Wildman–Crippen LogP) is 3.71. The molecule has 1 aromatic heterocycles. The number of aryl methyl sites for hydroxylation is 1. The van der Waals surface area contributed by atoms with Gasteiger partial charge in [-0.05, 0) is 24.1 Å². The number of nitrogens with zero attached hydrogens (tertiary/aromatic N) is 4. The summed E-state index contributed by atoms with van der Waals surface area (Å²) in [5.74, 6) is -0.117. The van der Waals surface area contributed by atoms with Crippen molar-refractivity contribution in [3.05, 3.63) is 112 Å². The fraction of sp³-hybridized carbons (Fsp3) is 0.250. The number of aromatic nitrogens is 2. The Morgan fingerprint density at radius 1 is 0.794 bits per heavy atom. The lowest BCUT2D eigenvalue weighted by atomic mass is 10.1. The maximum Gasteiger partial charge on any atom is 0.275 e. The number of benzene rings is 3. The van der Waals surface area contributed by atoms with Gasteiger partial charge in [0.15, 0.2) is 5.69 Å². The van der Waals surface area contributed by atoms with E-state index < -0.39 is 0 Å². The van der Waals surface area contributed by atoms with Crippen LogP contribution in [0.4, 0.5) is 0 Å². The molecule has 0 aliphatic carbocycles. The predicted molar refractivity (Wildman–Crippen MR) is 134 cm³/mol. The summed E-state index contributed by atoms with van der Waals surface area (Å²) in [5.41, 5.74) is 3.68. The monoisotopic (exact) mass is 452 g/mol. The maximum atomic E-state index is 13.6. The van der Waals surface area contributed by atoms with E-state index in [4.69, 9.17) is 0 Å². The molecule has 4 aromatic rings. The Balaban J connectivity index is 1.38. The number of amides is 1. The third-order valence-corrected chi connectivity index (χ3v) is 6.39. The Hall–Kier alpha value is -3.77. The summed E-state index contributed by atoms with van der Waals surface area (Å²) in [4.78, 5) is 30.9. The molecule has 2 heterocycles. The number of piperazine rings is 1. The molecule has 6 nitrogen and oxygen atoms in total. The van der Waals surface area contributed by atoms with Gasteiger partial charge in [0.05, 0.1) is 11.9 Å². The van der Waals surface area contributed by atoms with Crippen molar-refractivity contribution in [3.8, 4) is 0 Å². The van der Waals surface area contributed by atoms with E-state index in [-0.39, 0.29) is 11.5 Å². The zero-order chi connectivity index (χ0) is 23.5. The van der Waals surface area contributed by atoms with Gasteiger partial charge in [-0.15, -0.1) is 0 Å². The van der Waals surface area contributed by atoms with E-state index in [2.05, 4.69) is 41.2 Å². The van der Waals surface area contributed by atoms with Crippen molar-refractivity contribution in [2.75, 3.05) is 26.2 Å². The van der Waals surface area contributed by atoms with Crippen LogP contribution in [-0.4, -0.2) is 51.7 Å². The lowest BCUT2D eigenvalue weighted by Crippen LogP contribution is -2.48. The highest BCUT2D eigenvalue weighted by Gasteiger charge is 2.26. The van der Waals surface area contributed by atoms with Gasteiger partial charge in [-0.3, -0.25) is 14.5 Å². The van der Waals surface area contributed by atoms with Crippen LogP contribution < -0.4 is 5.56 Å². The molecular weight excluding hydrogens is 424 g/mol. The summed E-state index contributed by atoms with van der Waals surface area (Å²) in [6.45, 7) is 6.20. The molecule has 34 heavy (non-hydrogen) atoms. The molecule has 0 bridgehead atoms. The van der Waals surface area contributed by atoms with E-state index in [1.54, 1.807) is 6.07 Å². The smallest absolute Gasteiger partial charge is 0.275 e. The molecule has 1 fully saturated rings. The van der Waals surface area contributed by atoms with Crippen molar-refractivity contribution < 1.29 is 4.79 Å². The first-order valence-corrected chi connectivity index (χ1v) is 11.7. The van der Waals surface area contributed by atoms with E-state index >= 15 is 0 Å². The molecule has 1 aliphatic rings. The number of carbonyl (C=O) groups excluding carboxylic acids is 1. The largest absolute Gasteiger partial charge is 0.335 e. The SMILES string of the molecule is Cc1cccc(CN2CCN(C(=O)c3nn(Cc4ccccc4)c(=O)c4ccccc34)CC2)c1. The van der Waals surface area contributed by atoms with E-state index in [0.29, 0.717) is 36.1 Å². The molecule has 0 saturated carbocycles. The minimum Gasteiger partial charge on any atom is -0.335 e. The number of rotatable bonds is 5. The van der Waals surface area contributed by atoms with Gasteiger partial charge in [0.2, 0.25) is 0 Å². The Labute approximate surface area is 199 Å². The summed E-state index contributed by atoms with van der Waals surface area (Å²) in [5, 5.41) is 5.70. The molecule has 1 saturated heterocycles. The summed E-state index contributed by atoms with van der Waals surface area (Å²) in [6, 6.07) is 25.5. The summed E-state index contributed by atoms with van der Waals surface area (Å²) >= 11 is 0. The minimum atomic E-state index is -0.182. The van der Waals surface area contributed by atoms with Gasteiger partial charge >= 0.3 is 0 Å². The van der Waals surface area contributed by atoms with Gasteiger partial charge in [0.25, 0.3) is 11.5 Å². The molecule has 1 amide bonds. The molecule has 0 atom stereocenters. The minimum absolute atomic E-state index is 0.117. The van der Waals surface area contributed by atoms with Gasteiger partial charge in [-0.1, -0.05) is 78.4 Å². The van der Waals surface area contributed by atoms with Crippen LogP contribution in [0.2, 0.25) is 0 Å². The average molecular weight is 453 g/mol. The summed E-state index contributed by atoms with van der Waals surface area (Å²) in [6.07, 6.45) is 0. The molecular formula is C28H28N4O2. The summed E-state index contributed by atoms with van der Waals surface area (Å²) in [7, 11) is 0. The topological polar surface area (TPSA) is 58.4 Å². The Morgan fingerprint density at radius 2 is 1.47 bits per heavy atom. The molecule has 0 spiro atoms. The van der Waals surface area contributed by atoms with Crippen LogP contribution in [-0.2, 0) is 13.1 Å². The number of carbonyl (C=O) groups is 1. The van der Waals surface area contributed by atoms with Crippen molar-refractivity contribution in [2.24, 2.45) is 0 Å². The van der Waals surface area contributed by atoms with Crippen molar-refractivity contribution in [2.45, 2.75) is 20.0 Å². The van der Waals surface area contributed by atoms with E-state index in [1.165, 1.54) is 15.8 Å². The third kappa shape index (κ3) is 4.63. The van der Waals surface area contributed by atoms with Gasteiger partial charge in [-0.25, -0.2) is 4.68 Å². The lowest BCUT2D eigenvalue weighted by molar-refractivity contribution is 0.0622. The molecule has 0 radical (unpaired) electrons. The van der Waals surface area contributed by atoms with E-state index in [1.807, 2.05) is 53.4 Å². The van der Waals surface area contributed by atoms with Crippen molar-refractivity contribution >= 4 is 16.7 Å². The third-order valence-electron chi connectivity index (χ3n) is 6.39. The van der Waals surface area contributed by atoms with Crippen LogP contribution in [0.5, 0.6) is 0 Å². The zero-order valence-electron chi connectivity index (χ0n) is 19.4. The second kappa shape index (κ2) is 9.61. The fourth-order valence-corrected chi connectivity index (χ4v) is 4.58. The van der Waals surface area contributed by atoms with Crippen LogP contribution in [0.1, 0.15) is 27.2 Å². The second-order valence-electron chi connectivity index (χ2n) is 8.90. The van der Waals surface area contributed by atoms with Gasteiger partial charge in [0, 0.05) is 38.1 Å². The van der Waals surface area contributed by atoms with Crippen LogP contribution in [0.15, 0.2) is 83.7 Å². The Morgan fingerprint density at radius 3 is 2.21 bits per heavy atom. The number of hydrogen-bond acceptors (Lipinski definition) is 4. The van der Waals surface area contributed by atoms with Crippen molar-refractivity contribution in [1.29, 1.82) is 0 Å². The van der Waals surface area contributed by atoms with Crippen LogP contribution in [0.3, 0.4) is 0 Å². The zero-order valence-corrected chi connectivity index (χ0v) is 19.4. The standard InChI is InChI=1S/C28H28N4O2/c1-21-8-7-11-23(18-21)19-30-14-16-31(17-15-30)28(34)26-24-12-5-6-13-25(24)27(33)32(29-26)20-22-9-3-2-4-10-22/h2-13,18H,14-17,19-20H2,1H3. The molecule has 5 rings (SSSR count). The molecule has 0 unspecified atom stereocenters.